The van der Waals surface area contributed by atoms with Crippen LogP contribution in [0.3, 0.4) is 0 Å². The third kappa shape index (κ3) is 3.69. The van der Waals surface area contributed by atoms with Crippen LogP contribution in [0.1, 0.15) is 17.3 Å². The molecule has 0 fully saturated rings. The number of rotatable bonds is 5. The van der Waals surface area contributed by atoms with E-state index in [9.17, 15) is 0 Å². The van der Waals surface area contributed by atoms with Crippen LogP contribution in [0, 0.1) is 6.92 Å². The third-order valence-electron chi connectivity index (χ3n) is 3.92. The fraction of sp³-hybridized carbons (Fsp3) is 0.250. The molecular weight excluding hydrogens is 282 g/mol. The lowest BCUT2D eigenvalue weighted by atomic mass is 10.0. The smallest absolute Gasteiger partial charge is 0.0725 e. The standard InChI is InChI=1S/C20H23N3/c1-15-13-19(17-11-7-8-12-18(17)21-15)22-20(14-23(2)3)16-9-5-4-6-10-16/h4-13,20H,14H2,1-3H3,(H,21,22)/t20-/m1/s1. The van der Waals surface area contributed by atoms with Gasteiger partial charge in [-0.15, -0.1) is 0 Å². The summed E-state index contributed by atoms with van der Waals surface area (Å²) in [5, 5.41) is 4.89. The molecule has 118 valence electrons. The van der Waals surface area contributed by atoms with Gasteiger partial charge in [-0.3, -0.25) is 4.98 Å². The first-order valence-corrected chi connectivity index (χ1v) is 7.96. The Morgan fingerprint density at radius 2 is 1.70 bits per heavy atom. The van der Waals surface area contributed by atoms with E-state index in [2.05, 4.69) is 83.9 Å². The minimum atomic E-state index is 0.233. The molecule has 3 aromatic rings. The summed E-state index contributed by atoms with van der Waals surface area (Å²) < 4.78 is 0. The molecule has 0 amide bonds. The van der Waals surface area contributed by atoms with Crippen LogP contribution in [0.2, 0.25) is 0 Å². The van der Waals surface area contributed by atoms with Crippen LogP contribution in [-0.4, -0.2) is 30.5 Å². The van der Waals surface area contributed by atoms with E-state index >= 15 is 0 Å². The number of hydrogen-bond acceptors (Lipinski definition) is 3. The van der Waals surface area contributed by atoms with E-state index in [1.54, 1.807) is 0 Å². The zero-order chi connectivity index (χ0) is 16.2. The molecule has 1 heterocycles. The zero-order valence-corrected chi connectivity index (χ0v) is 14.0. The van der Waals surface area contributed by atoms with Gasteiger partial charge in [-0.1, -0.05) is 48.5 Å². The molecule has 1 aromatic heterocycles. The molecule has 0 bridgehead atoms. The molecule has 3 rings (SSSR count). The van der Waals surface area contributed by atoms with Gasteiger partial charge in [0.05, 0.1) is 11.6 Å². The molecule has 0 saturated carbocycles. The molecule has 3 nitrogen and oxygen atoms in total. The second kappa shape index (κ2) is 6.80. The molecule has 3 heteroatoms. The van der Waals surface area contributed by atoms with E-state index in [1.165, 1.54) is 5.56 Å². The van der Waals surface area contributed by atoms with Crippen molar-refractivity contribution in [1.82, 2.24) is 9.88 Å². The Labute approximate surface area is 138 Å². The van der Waals surface area contributed by atoms with E-state index in [0.717, 1.165) is 28.8 Å². The molecule has 1 atom stereocenters. The lowest BCUT2D eigenvalue weighted by molar-refractivity contribution is 0.387. The number of benzene rings is 2. The second-order valence-corrected chi connectivity index (χ2v) is 6.20. The molecule has 0 saturated heterocycles. The summed E-state index contributed by atoms with van der Waals surface area (Å²) in [4.78, 5) is 6.84. The lowest BCUT2D eigenvalue weighted by Crippen LogP contribution is -2.25. The van der Waals surface area contributed by atoms with Crippen LogP contribution in [0.25, 0.3) is 10.9 Å². The maximum atomic E-state index is 4.63. The van der Waals surface area contributed by atoms with Gasteiger partial charge in [0.2, 0.25) is 0 Å². The molecule has 0 aliphatic carbocycles. The second-order valence-electron chi connectivity index (χ2n) is 6.20. The summed E-state index contributed by atoms with van der Waals surface area (Å²) in [5.41, 5.74) is 4.50. The maximum Gasteiger partial charge on any atom is 0.0725 e. The van der Waals surface area contributed by atoms with Gasteiger partial charge in [-0.05, 0) is 38.7 Å². The quantitative estimate of drug-likeness (QED) is 0.763. The summed E-state index contributed by atoms with van der Waals surface area (Å²) >= 11 is 0. The van der Waals surface area contributed by atoms with Crippen LogP contribution in [-0.2, 0) is 0 Å². The Kier molecular flexibility index (Phi) is 4.58. The Morgan fingerprint density at radius 3 is 2.43 bits per heavy atom. The highest BCUT2D eigenvalue weighted by atomic mass is 15.1. The molecule has 0 radical (unpaired) electrons. The molecule has 23 heavy (non-hydrogen) atoms. The van der Waals surface area contributed by atoms with E-state index in [0.29, 0.717) is 0 Å². The molecule has 0 unspecified atom stereocenters. The molecular formula is C20H23N3. The molecule has 0 spiro atoms. The van der Waals surface area contributed by atoms with E-state index in [-0.39, 0.29) is 6.04 Å². The largest absolute Gasteiger partial charge is 0.376 e. The summed E-state index contributed by atoms with van der Waals surface area (Å²) in [7, 11) is 4.21. The number of anilines is 1. The van der Waals surface area contributed by atoms with Crippen molar-refractivity contribution in [3.05, 3.63) is 71.9 Å². The first-order valence-electron chi connectivity index (χ1n) is 7.96. The van der Waals surface area contributed by atoms with E-state index < -0.39 is 0 Å². The monoisotopic (exact) mass is 305 g/mol. The fourth-order valence-corrected chi connectivity index (χ4v) is 2.90. The van der Waals surface area contributed by atoms with Crippen molar-refractivity contribution in [2.24, 2.45) is 0 Å². The van der Waals surface area contributed by atoms with Crippen LogP contribution in [0.4, 0.5) is 5.69 Å². The zero-order valence-electron chi connectivity index (χ0n) is 14.0. The Morgan fingerprint density at radius 1 is 1.00 bits per heavy atom. The van der Waals surface area contributed by atoms with Crippen LogP contribution in [0.5, 0.6) is 0 Å². The van der Waals surface area contributed by atoms with Gasteiger partial charge in [-0.25, -0.2) is 0 Å². The summed E-state index contributed by atoms with van der Waals surface area (Å²) in [5.74, 6) is 0. The number of aromatic nitrogens is 1. The summed E-state index contributed by atoms with van der Waals surface area (Å²) in [6, 6.07) is 21.3. The predicted molar refractivity (Wildman–Crippen MR) is 97.8 cm³/mol. The van der Waals surface area contributed by atoms with Crippen LogP contribution in [0.15, 0.2) is 60.7 Å². The van der Waals surface area contributed by atoms with E-state index in [4.69, 9.17) is 0 Å². The number of nitrogens with one attached hydrogen (secondary N) is 1. The minimum absolute atomic E-state index is 0.233. The van der Waals surface area contributed by atoms with Gasteiger partial charge in [0.25, 0.3) is 0 Å². The van der Waals surface area contributed by atoms with Crippen molar-refractivity contribution >= 4 is 16.6 Å². The van der Waals surface area contributed by atoms with Crippen molar-refractivity contribution in [3.63, 3.8) is 0 Å². The van der Waals surface area contributed by atoms with Crippen molar-refractivity contribution in [3.8, 4) is 0 Å². The van der Waals surface area contributed by atoms with Gasteiger partial charge in [0, 0.05) is 23.3 Å². The van der Waals surface area contributed by atoms with Gasteiger partial charge >= 0.3 is 0 Å². The first kappa shape index (κ1) is 15.5. The summed E-state index contributed by atoms with van der Waals surface area (Å²) in [6.45, 7) is 2.97. The number of likely N-dealkylation sites (N-methyl/N-ethyl adjacent to an activating group) is 1. The molecule has 1 N–H and O–H groups in total. The highest BCUT2D eigenvalue weighted by Crippen LogP contribution is 2.27. The number of hydrogen-bond donors (Lipinski definition) is 1. The van der Waals surface area contributed by atoms with Crippen LogP contribution >= 0.6 is 0 Å². The number of pyridine rings is 1. The van der Waals surface area contributed by atoms with Gasteiger partial charge in [0.1, 0.15) is 0 Å². The van der Waals surface area contributed by atoms with Crippen LogP contribution < -0.4 is 5.32 Å². The topological polar surface area (TPSA) is 28.2 Å². The minimum Gasteiger partial charge on any atom is -0.376 e. The average molecular weight is 305 g/mol. The number of fused-ring (bicyclic) bond motifs is 1. The first-order chi connectivity index (χ1) is 11.1. The highest BCUT2D eigenvalue weighted by Gasteiger charge is 2.14. The Hall–Kier alpha value is -2.39. The number of aryl methyl sites for hydroxylation is 1. The Bertz CT molecular complexity index is 781. The SMILES string of the molecule is Cc1cc(N[C@H](CN(C)C)c2ccccc2)c2ccccc2n1. The third-order valence-corrected chi connectivity index (χ3v) is 3.92. The fourth-order valence-electron chi connectivity index (χ4n) is 2.90. The maximum absolute atomic E-state index is 4.63. The van der Waals surface area contributed by atoms with Gasteiger partial charge in [0.15, 0.2) is 0 Å². The van der Waals surface area contributed by atoms with Crippen molar-refractivity contribution in [1.29, 1.82) is 0 Å². The Balaban J connectivity index is 2.00. The van der Waals surface area contributed by atoms with Gasteiger partial charge in [-0.2, -0.15) is 0 Å². The van der Waals surface area contributed by atoms with Crippen molar-refractivity contribution < 1.29 is 0 Å². The normalized spacial score (nSPS) is 12.5. The average Bonchev–Trinajstić information content (AvgIpc) is 2.54. The number of para-hydroxylation sites is 1. The molecule has 0 aliphatic rings. The molecule has 0 aliphatic heterocycles. The number of nitrogens with zero attached hydrogens (tertiary/aromatic N) is 2. The van der Waals surface area contributed by atoms with Crippen molar-refractivity contribution in [2.75, 3.05) is 26.0 Å². The lowest BCUT2D eigenvalue weighted by Gasteiger charge is -2.25. The highest BCUT2D eigenvalue weighted by molar-refractivity contribution is 5.91. The predicted octanol–water partition coefficient (Wildman–Crippen LogP) is 4.26. The summed E-state index contributed by atoms with van der Waals surface area (Å²) in [6.07, 6.45) is 0. The van der Waals surface area contributed by atoms with Crippen molar-refractivity contribution in [2.45, 2.75) is 13.0 Å². The van der Waals surface area contributed by atoms with E-state index in [1.807, 2.05) is 13.0 Å². The molecule has 2 aromatic carbocycles. The van der Waals surface area contributed by atoms with Gasteiger partial charge < -0.3 is 10.2 Å².